The van der Waals surface area contributed by atoms with Gasteiger partial charge in [0.25, 0.3) is 11.5 Å². The van der Waals surface area contributed by atoms with Gasteiger partial charge in [-0.3, -0.25) is 9.59 Å². The van der Waals surface area contributed by atoms with Gasteiger partial charge in [-0.1, -0.05) is 36.4 Å². The van der Waals surface area contributed by atoms with Gasteiger partial charge in [-0.05, 0) is 48.4 Å². The van der Waals surface area contributed by atoms with Crippen molar-refractivity contribution in [3.63, 3.8) is 0 Å². The van der Waals surface area contributed by atoms with Gasteiger partial charge in [0.2, 0.25) is 0 Å². The summed E-state index contributed by atoms with van der Waals surface area (Å²) in [5, 5.41) is 7.21. The summed E-state index contributed by atoms with van der Waals surface area (Å²) < 4.78 is 12.1. The molecule has 0 spiro atoms. The number of hydrogen-bond acceptors (Lipinski definition) is 6. The molecule has 0 bridgehead atoms. The Morgan fingerprint density at radius 2 is 1.86 bits per heavy atom. The second-order valence-corrected chi connectivity index (χ2v) is 7.74. The first kappa shape index (κ1) is 24.2. The summed E-state index contributed by atoms with van der Waals surface area (Å²) in [4.78, 5) is 40.1. The van der Waals surface area contributed by atoms with Gasteiger partial charge in [-0.25, -0.2) is 4.79 Å². The average molecular weight is 485 g/mol. The number of carbonyl (C=O) groups is 1. The first-order valence-electron chi connectivity index (χ1n) is 11.1. The second-order valence-electron chi connectivity index (χ2n) is 7.74. The van der Waals surface area contributed by atoms with Crippen molar-refractivity contribution in [3.8, 4) is 11.5 Å². The van der Waals surface area contributed by atoms with Crippen LogP contribution in [0.15, 0.2) is 94.1 Å². The van der Waals surface area contributed by atoms with E-state index >= 15 is 0 Å². The Kier molecular flexibility index (Phi) is 7.40. The highest BCUT2D eigenvalue weighted by Crippen LogP contribution is 2.33. The predicted molar refractivity (Wildman–Crippen MR) is 139 cm³/mol. The molecule has 9 nitrogen and oxygen atoms in total. The van der Waals surface area contributed by atoms with Crippen molar-refractivity contribution < 1.29 is 14.3 Å². The molecule has 182 valence electrons. The molecule has 4 aromatic rings. The summed E-state index contributed by atoms with van der Waals surface area (Å²) in [6.45, 7) is 3.55. The lowest BCUT2D eigenvalue weighted by Crippen LogP contribution is -2.32. The standard InChI is InChI=1S/C27H24N4O5/c1-3-9-19-14-18(16-28-31-26(33)21-12-7-8-13-22(21)30-27(31)34)15-23(35-2)25(19)36-17-24(32)29-20-10-5-4-6-11-20/h3-8,10-16H,1,9,17H2,2H3,(H,29,32)(H,30,34). The van der Waals surface area contributed by atoms with Crippen LogP contribution >= 0.6 is 0 Å². The fourth-order valence-corrected chi connectivity index (χ4v) is 3.62. The maximum absolute atomic E-state index is 12.7. The van der Waals surface area contributed by atoms with Crippen LogP contribution in [0.1, 0.15) is 11.1 Å². The Balaban J connectivity index is 1.61. The van der Waals surface area contributed by atoms with E-state index in [2.05, 4.69) is 22.0 Å². The van der Waals surface area contributed by atoms with Gasteiger partial charge in [0.1, 0.15) is 0 Å². The van der Waals surface area contributed by atoms with E-state index in [1.807, 2.05) is 18.2 Å². The van der Waals surface area contributed by atoms with E-state index < -0.39 is 11.2 Å². The van der Waals surface area contributed by atoms with E-state index in [-0.39, 0.29) is 12.5 Å². The lowest BCUT2D eigenvalue weighted by Gasteiger charge is -2.15. The molecule has 0 aliphatic heterocycles. The number of H-pyrrole nitrogens is 1. The van der Waals surface area contributed by atoms with Crippen molar-refractivity contribution in [1.29, 1.82) is 0 Å². The first-order chi connectivity index (χ1) is 17.5. The normalized spacial score (nSPS) is 10.9. The Morgan fingerprint density at radius 1 is 1.11 bits per heavy atom. The van der Waals surface area contributed by atoms with Gasteiger partial charge in [0, 0.05) is 11.3 Å². The highest BCUT2D eigenvalue weighted by molar-refractivity contribution is 5.92. The molecule has 1 aromatic heterocycles. The lowest BCUT2D eigenvalue weighted by atomic mass is 10.1. The third kappa shape index (κ3) is 5.41. The van der Waals surface area contributed by atoms with E-state index in [4.69, 9.17) is 9.47 Å². The number of methoxy groups -OCH3 is 1. The number of amides is 1. The van der Waals surface area contributed by atoms with Crippen molar-refractivity contribution in [3.05, 3.63) is 111 Å². The topological polar surface area (TPSA) is 115 Å². The van der Waals surface area contributed by atoms with Crippen LogP contribution in [0.5, 0.6) is 11.5 Å². The Hall–Kier alpha value is -4.92. The molecule has 0 atom stereocenters. The Bertz CT molecular complexity index is 1550. The molecule has 1 amide bonds. The molecule has 1 heterocycles. The van der Waals surface area contributed by atoms with E-state index in [1.54, 1.807) is 54.6 Å². The van der Waals surface area contributed by atoms with Crippen LogP contribution in [-0.2, 0) is 11.2 Å². The van der Waals surface area contributed by atoms with Gasteiger partial charge in [-0.2, -0.15) is 5.10 Å². The third-order valence-corrected chi connectivity index (χ3v) is 5.25. The molecule has 9 heteroatoms. The number of allylic oxidation sites excluding steroid dienone is 1. The zero-order valence-corrected chi connectivity index (χ0v) is 19.6. The van der Waals surface area contributed by atoms with Crippen LogP contribution < -0.4 is 26.0 Å². The summed E-state index contributed by atoms with van der Waals surface area (Å²) in [5.41, 5.74) is 1.16. The van der Waals surface area contributed by atoms with Crippen LogP contribution in [0.3, 0.4) is 0 Å². The molecule has 0 radical (unpaired) electrons. The fraction of sp³-hybridized carbons (Fsp3) is 0.111. The number of nitrogens with zero attached hydrogens (tertiary/aromatic N) is 2. The number of benzene rings is 3. The minimum Gasteiger partial charge on any atom is -0.493 e. The quantitative estimate of drug-likeness (QED) is 0.279. The van der Waals surface area contributed by atoms with Gasteiger partial charge in [0.05, 0.1) is 24.2 Å². The van der Waals surface area contributed by atoms with E-state index in [0.29, 0.717) is 45.6 Å². The zero-order valence-electron chi connectivity index (χ0n) is 19.6. The summed E-state index contributed by atoms with van der Waals surface area (Å²) in [7, 11) is 1.48. The van der Waals surface area contributed by atoms with Gasteiger partial charge >= 0.3 is 5.69 Å². The molecule has 0 saturated carbocycles. The van der Waals surface area contributed by atoms with Crippen molar-refractivity contribution >= 4 is 28.7 Å². The van der Waals surface area contributed by atoms with E-state index in [1.165, 1.54) is 13.3 Å². The number of aromatic amines is 1. The monoisotopic (exact) mass is 484 g/mol. The van der Waals surface area contributed by atoms with E-state index in [0.717, 1.165) is 4.68 Å². The first-order valence-corrected chi connectivity index (χ1v) is 11.1. The Morgan fingerprint density at radius 3 is 2.61 bits per heavy atom. The number of nitrogens with one attached hydrogen (secondary N) is 2. The molecule has 4 rings (SSSR count). The number of aromatic nitrogens is 2. The molecular formula is C27H24N4O5. The number of fused-ring (bicyclic) bond motifs is 1. The van der Waals surface area contributed by atoms with Gasteiger partial charge in [0.15, 0.2) is 18.1 Å². The van der Waals surface area contributed by atoms with Crippen molar-refractivity contribution in [1.82, 2.24) is 9.66 Å². The predicted octanol–water partition coefficient (Wildman–Crippen LogP) is 3.33. The number of para-hydroxylation sites is 2. The molecule has 0 aliphatic carbocycles. The molecule has 2 N–H and O–H groups in total. The van der Waals surface area contributed by atoms with Crippen LogP contribution in [0.2, 0.25) is 0 Å². The van der Waals surface area contributed by atoms with Crippen LogP contribution in [0.4, 0.5) is 5.69 Å². The number of carbonyl (C=O) groups excluding carboxylic acids is 1. The second kappa shape index (κ2) is 11.0. The molecule has 0 saturated heterocycles. The van der Waals surface area contributed by atoms with Crippen molar-refractivity contribution in [2.24, 2.45) is 5.10 Å². The lowest BCUT2D eigenvalue weighted by molar-refractivity contribution is -0.118. The van der Waals surface area contributed by atoms with Crippen LogP contribution in [0.25, 0.3) is 10.9 Å². The molecule has 0 fully saturated rings. The number of ether oxygens (including phenoxy) is 2. The molecular weight excluding hydrogens is 460 g/mol. The molecule has 36 heavy (non-hydrogen) atoms. The third-order valence-electron chi connectivity index (χ3n) is 5.25. The van der Waals surface area contributed by atoms with Crippen LogP contribution in [-0.4, -0.2) is 35.5 Å². The number of anilines is 1. The largest absolute Gasteiger partial charge is 0.493 e. The number of hydrogen-bond donors (Lipinski definition) is 2. The number of rotatable bonds is 9. The summed E-state index contributed by atoms with van der Waals surface area (Å²) in [6, 6.07) is 19.2. The van der Waals surface area contributed by atoms with Crippen molar-refractivity contribution in [2.45, 2.75) is 6.42 Å². The maximum Gasteiger partial charge on any atom is 0.349 e. The Labute approximate surface area is 206 Å². The SMILES string of the molecule is C=CCc1cc(C=Nn2c(=O)[nH]c3ccccc3c2=O)cc(OC)c1OCC(=O)Nc1ccccc1. The summed E-state index contributed by atoms with van der Waals surface area (Å²) in [6.07, 6.45) is 3.49. The minimum absolute atomic E-state index is 0.231. The van der Waals surface area contributed by atoms with Crippen LogP contribution in [0, 0.1) is 0 Å². The molecule has 0 unspecified atom stereocenters. The highest BCUT2D eigenvalue weighted by Gasteiger charge is 2.15. The minimum atomic E-state index is -0.655. The van der Waals surface area contributed by atoms with Gasteiger partial charge < -0.3 is 19.8 Å². The van der Waals surface area contributed by atoms with Gasteiger partial charge in [-0.15, -0.1) is 11.3 Å². The summed E-state index contributed by atoms with van der Waals surface area (Å²) >= 11 is 0. The summed E-state index contributed by atoms with van der Waals surface area (Å²) in [5.74, 6) is 0.426. The molecule has 0 aliphatic rings. The maximum atomic E-state index is 12.7. The average Bonchev–Trinajstić information content (AvgIpc) is 2.88. The zero-order chi connectivity index (χ0) is 25.5. The van der Waals surface area contributed by atoms with E-state index in [9.17, 15) is 14.4 Å². The van der Waals surface area contributed by atoms with Crippen molar-refractivity contribution in [2.75, 3.05) is 19.0 Å². The molecule has 3 aromatic carbocycles. The highest BCUT2D eigenvalue weighted by atomic mass is 16.5. The smallest absolute Gasteiger partial charge is 0.349 e. The fourth-order valence-electron chi connectivity index (χ4n) is 3.62.